The number of anilines is 2. The number of halogens is 3. The number of piperazine rings is 1. The summed E-state index contributed by atoms with van der Waals surface area (Å²) >= 11 is 0. The summed E-state index contributed by atoms with van der Waals surface area (Å²) in [7, 11) is 0. The van der Waals surface area contributed by atoms with E-state index in [4.69, 9.17) is 4.99 Å². The van der Waals surface area contributed by atoms with Crippen molar-refractivity contribution in [2.45, 2.75) is 13.3 Å². The van der Waals surface area contributed by atoms with E-state index in [-0.39, 0.29) is 24.0 Å². The van der Waals surface area contributed by atoms with Crippen molar-refractivity contribution in [3.8, 4) is 0 Å². The second kappa shape index (κ2) is 11.6. The molecule has 0 amide bonds. The summed E-state index contributed by atoms with van der Waals surface area (Å²) in [5.74, 6) is 0.488. The van der Waals surface area contributed by atoms with Crippen molar-refractivity contribution in [1.29, 1.82) is 0 Å². The van der Waals surface area contributed by atoms with Gasteiger partial charge in [-0.2, -0.15) is 0 Å². The van der Waals surface area contributed by atoms with Gasteiger partial charge in [0.2, 0.25) is 5.95 Å². The quantitative estimate of drug-likeness (QED) is 0.347. The molecule has 2 aliphatic heterocycles. The summed E-state index contributed by atoms with van der Waals surface area (Å²) in [6.07, 6.45) is 4.53. The predicted octanol–water partition coefficient (Wildman–Crippen LogP) is 2.99. The van der Waals surface area contributed by atoms with Crippen molar-refractivity contribution in [2.75, 3.05) is 62.2 Å². The Morgan fingerprint density at radius 1 is 1.06 bits per heavy atom. The summed E-state index contributed by atoms with van der Waals surface area (Å²) in [6, 6.07) is 5.94. The molecule has 2 aliphatic rings. The van der Waals surface area contributed by atoms with Crippen LogP contribution >= 0.6 is 24.0 Å². The third kappa shape index (κ3) is 5.96. The zero-order chi connectivity index (χ0) is 21.6. The second-order valence-corrected chi connectivity index (χ2v) is 7.92. The van der Waals surface area contributed by atoms with Crippen molar-refractivity contribution >= 4 is 41.6 Å². The summed E-state index contributed by atoms with van der Waals surface area (Å²) < 4.78 is 26.8. The first kappa shape index (κ1) is 24.4. The van der Waals surface area contributed by atoms with Crippen LogP contribution in [-0.4, -0.2) is 73.2 Å². The van der Waals surface area contributed by atoms with Gasteiger partial charge in [-0.15, -0.1) is 24.0 Å². The van der Waals surface area contributed by atoms with Crippen molar-refractivity contribution in [1.82, 2.24) is 20.2 Å². The van der Waals surface area contributed by atoms with Crippen LogP contribution in [-0.2, 0) is 0 Å². The number of nitrogens with one attached hydrogen (secondary N) is 1. The fraction of sp³-hybridized carbons (Fsp3) is 0.500. The van der Waals surface area contributed by atoms with E-state index in [9.17, 15) is 8.78 Å². The van der Waals surface area contributed by atoms with E-state index in [0.29, 0.717) is 12.5 Å². The molecule has 2 aromatic rings. The third-order valence-corrected chi connectivity index (χ3v) is 5.80. The van der Waals surface area contributed by atoms with Crippen LogP contribution in [0.25, 0.3) is 0 Å². The highest BCUT2D eigenvalue weighted by molar-refractivity contribution is 14.0. The van der Waals surface area contributed by atoms with Gasteiger partial charge < -0.3 is 20.0 Å². The normalized spacial score (nSPS) is 19.2. The first-order valence-electron chi connectivity index (χ1n) is 10.9. The van der Waals surface area contributed by atoms with Crippen LogP contribution in [0.4, 0.5) is 20.4 Å². The number of benzene rings is 1. The maximum atomic E-state index is 13.6. The van der Waals surface area contributed by atoms with Crippen LogP contribution in [0.15, 0.2) is 41.7 Å². The van der Waals surface area contributed by atoms with Crippen LogP contribution in [0.2, 0.25) is 0 Å². The molecule has 1 unspecified atom stereocenters. The Labute approximate surface area is 204 Å². The zero-order valence-corrected chi connectivity index (χ0v) is 20.6. The molecule has 0 aliphatic carbocycles. The average Bonchev–Trinajstić information content (AvgIpc) is 3.28. The minimum atomic E-state index is -0.807. The number of aliphatic imine (C=N–C) groups is 1. The van der Waals surface area contributed by atoms with Gasteiger partial charge in [0.15, 0.2) is 17.6 Å². The largest absolute Gasteiger partial charge is 0.371 e. The van der Waals surface area contributed by atoms with E-state index in [1.165, 1.54) is 12.1 Å². The van der Waals surface area contributed by atoms with Crippen molar-refractivity contribution in [3.05, 3.63) is 48.3 Å². The topological polar surface area (TPSA) is 59.9 Å². The first-order valence-corrected chi connectivity index (χ1v) is 10.9. The molecule has 0 saturated carbocycles. The van der Waals surface area contributed by atoms with Gasteiger partial charge in [-0.1, -0.05) is 0 Å². The Kier molecular flexibility index (Phi) is 8.83. The summed E-state index contributed by atoms with van der Waals surface area (Å²) in [4.78, 5) is 20.2. The average molecular weight is 557 g/mol. The van der Waals surface area contributed by atoms with Crippen LogP contribution in [0.1, 0.15) is 13.3 Å². The molecule has 2 fully saturated rings. The minimum Gasteiger partial charge on any atom is -0.371 e. The molecule has 0 radical (unpaired) electrons. The van der Waals surface area contributed by atoms with E-state index in [0.717, 1.165) is 69.8 Å². The van der Waals surface area contributed by atoms with Crippen molar-refractivity contribution in [3.63, 3.8) is 0 Å². The maximum Gasteiger partial charge on any atom is 0.225 e. The van der Waals surface area contributed by atoms with E-state index in [1.807, 2.05) is 6.07 Å². The molecule has 2 saturated heterocycles. The number of nitrogens with zero attached hydrogens (tertiary/aromatic N) is 6. The molecule has 174 valence electrons. The minimum absolute atomic E-state index is 0. The summed E-state index contributed by atoms with van der Waals surface area (Å²) in [6.45, 7) is 8.64. The van der Waals surface area contributed by atoms with Crippen molar-refractivity contribution < 1.29 is 8.78 Å². The Hall–Kier alpha value is -2.24. The van der Waals surface area contributed by atoms with E-state index < -0.39 is 11.6 Å². The molecule has 10 heteroatoms. The molecule has 3 heterocycles. The smallest absolute Gasteiger partial charge is 0.225 e. The molecule has 0 bridgehead atoms. The van der Waals surface area contributed by atoms with Gasteiger partial charge in [0.1, 0.15) is 0 Å². The lowest BCUT2D eigenvalue weighted by atomic mass is 10.1. The lowest BCUT2D eigenvalue weighted by molar-refractivity contribution is 0.369. The van der Waals surface area contributed by atoms with Gasteiger partial charge >= 0.3 is 0 Å². The second-order valence-electron chi connectivity index (χ2n) is 7.92. The highest BCUT2D eigenvalue weighted by Gasteiger charge is 2.25. The Balaban J connectivity index is 0.00000289. The van der Waals surface area contributed by atoms with Crippen LogP contribution in [0.5, 0.6) is 0 Å². The monoisotopic (exact) mass is 557 g/mol. The molecule has 1 atom stereocenters. The first-order chi connectivity index (χ1) is 15.1. The van der Waals surface area contributed by atoms with Gasteiger partial charge in [0, 0.05) is 76.5 Å². The number of aromatic nitrogens is 2. The van der Waals surface area contributed by atoms with Crippen LogP contribution in [0, 0.1) is 17.6 Å². The maximum absolute atomic E-state index is 13.6. The highest BCUT2D eigenvalue weighted by atomic mass is 127. The molecule has 7 nitrogen and oxygen atoms in total. The molecule has 1 aromatic carbocycles. The van der Waals surface area contributed by atoms with Crippen molar-refractivity contribution in [2.24, 2.45) is 10.9 Å². The van der Waals surface area contributed by atoms with E-state index in [2.05, 4.69) is 36.9 Å². The van der Waals surface area contributed by atoms with E-state index in [1.54, 1.807) is 18.5 Å². The lowest BCUT2D eigenvalue weighted by Crippen LogP contribution is -2.53. The number of hydrogen-bond acceptors (Lipinski definition) is 5. The zero-order valence-electron chi connectivity index (χ0n) is 18.3. The van der Waals surface area contributed by atoms with E-state index >= 15 is 0 Å². The molecule has 4 rings (SSSR count). The van der Waals surface area contributed by atoms with Gasteiger partial charge in [-0.25, -0.2) is 18.7 Å². The number of rotatable bonds is 5. The Morgan fingerprint density at radius 2 is 1.81 bits per heavy atom. The Morgan fingerprint density at radius 3 is 2.50 bits per heavy atom. The fourth-order valence-electron chi connectivity index (χ4n) is 4.11. The predicted molar refractivity (Wildman–Crippen MR) is 134 cm³/mol. The summed E-state index contributed by atoms with van der Waals surface area (Å²) in [5, 5.41) is 3.41. The molecule has 0 spiro atoms. The Bertz CT molecular complexity index is 891. The standard InChI is InChI=1S/C22H29F2N7.HI/c1-2-25-21(29-10-12-30(13-11-29)22-26-7-3-8-27-22)28-15-17-6-9-31(16-17)18-4-5-19(23)20(24)14-18;/h3-5,7-8,14,17H,2,6,9-13,15-16H2,1H3,(H,25,28);1H. The third-order valence-electron chi connectivity index (χ3n) is 5.80. The molecule has 1 aromatic heterocycles. The number of guanidine groups is 1. The van der Waals surface area contributed by atoms with Crippen LogP contribution in [0.3, 0.4) is 0 Å². The van der Waals surface area contributed by atoms with Crippen LogP contribution < -0.4 is 15.1 Å². The lowest BCUT2D eigenvalue weighted by Gasteiger charge is -2.36. The van der Waals surface area contributed by atoms with Gasteiger partial charge in [-0.3, -0.25) is 4.99 Å². The molecular weight excluding hydrogens is 527 g/mol. The highest BCUT2D eigenvalue weighted by Crippen LogP contribution is 2.25. The van der Waals surface area contributed by atoms with Gasteiger partial charge in [-0.05, 0) is 37.5 Å². The molecule has 32 heavy (non-hydrogen) atoms. The van der Waals surface area contributed by atoms with Gasteiger partial charge in [0.05, 0.1) is 0 Å². The number of hydrogen-bond donors (Lipinski definition) is 1. The SMILES string of the molecule is CCNC(=NCC1CCN(c2ccc(F)c(F)c2)C1)N1CCN(c2ncccn2)CC1.I. The van der Waals surface area contributed by atoms with Gasteiger partial charge in [0.25, 0.3) is 0 Å². The molecular formula is C22H30F2IN7. The molecule has 1 N–H and O–H groups in total. The summed E-state index contributed by atoms with van der Waals surface area (Å²) in [5.41, 5.74) is 0.733. The fourth-order valence-corrected chi connectivity index (χ4v) is 4.11.